The first-order valence-corrected chi connectivity index (χ1v) is 5.35. The van der Waals surface area contributed by atoms with Gasteiger partial charge in [-0.3, -0.25) is 0 Å². The molecule has 0 saturated carbocycles. The lowest BCUT2D eigenvalue weighted by Gasteiger charge is -2.16. The highest BCUT2D eigenvalue weighted by atomic mass is 35.5. The Morgan fingerprint density at radius 3 is 2.08 bits per heavy atom. The molecule has 0 rings (SSSR count). The van der Waals surface area contributed by atoms with Gasteiger partial charge < -0.3 is 5.11 Å². The van der Waals surface area contributed by atoms with E-state index in [-0.39, 0.29) is 6.10 Å². The molecule has 0 spiro atoms. The predicted molar refractivity (Wildman–Crippen MR) is 54.6 cm³/mol. The van der Waals surface area contributed by atoms with E-state index < -0.39 is 0 Å². The van der Waals surface area contributed by atoms with E-state index in [4.69, 9.17) is 11.6 Å². The van der Waals surface area contributed by atoms with Gasteiger partial charge in [0.05, 0.1) is 6.10 Å². The van der Waals surface area contributed by atoms with E-state index in [0.29, 0.717) is 11.8 Å². The molecule has 0 bridgehead atoms. The second-order valence-corrected chi connectivity index (χ2v) is 4.35. The lowest BCUT2D eigenvalue weighted by Crippen LogP contribution is -2.15. The van der Waals surface area contributed by atoms with Crippen LogP contribution in [0.3, 0.4) is 0 Å². The Bertz CT molecular complexity index is 104. The van der Waals surface area contributed by atoms with Crippen LogP contribution in [-0.4, -0.2) is 17.1 Å². The maximum Gasteiger partial charge on any atom is 0.0563 e. The molecule has 0 aromatic rings. The van der Waals surface area contributed by atoms with Gasteiger partial charge in [0.2, 0.25) is 0 Å². The molecule has 0 aliphatic rings. The largest absolute Gasteiger partial charge is 0.393 e. The first kappa shape index (κ1) is 12.2. The van der Waals surface area contributed by atoms with Gasteiger partial charge in [0, 0.05) is 5.88 Å². The van der Waals surface area contributed by atoms with Crippen LogP contribution in [0.4, 0.5) is 0 Å². The normalized spacial score (nSPS) is 16.5. The van der Waals surface area contributed by atoms with Crippen molar-refractivity contribution in [1.29, 1.82) is 0 Å². The van der Waals surface area contributed by atoms with Crippen LogP contribution in [0, 0.1) is 11.8 Å². The minimum absolute atomic E-state index is 0.136. The second kappa shape index (κ2) is 6.73. The van der Waals surface area contributed by atoms with Crippen LogP contribution in [0.15, 0.2) is 0 Å². The zero-order valence-corrected chi connectivity index (χ0v) is 9.14. The highest BCUT2D eigenvalue weighted by molar-refractivity contribution is 6.17. The molecule has 0 aliphatic heterocycles. The second-order valence-electron chi connectivity index (χ2n) is 3.97. The molecule has 0 aliphatic carbocycles. The van der Waals surface area contributed by atoms with E-state index in [1.807, 2.05) is 0 Å². The summed E-state index contributed by atoms with van der Waals surface area (Å²) in [7, 11) is 0. The Morgan fingerprint density at radius 2 is 1.67 bits per heavy atom. The Kier molecular flexibility index (Phi) is 6.87. The van der Waals surface area contributed by atoms with Crippen molar-refractivity contribution in [1.82, 2.24) is 0 Å². The summed E-state index contributed by atoms with van der Waals surface area (Å²) in [6.07, 6.45) is 2.93. The molecule has 2 unspecified atom stereocenters. The fourth-order valence-electron chi connectivity index (χ4n) is 1.12. The molecule has 0 radical (unpaired) electrons. The van der Waals surface area contributed by atoms with Gasteiger partial charge in [-0.15, -0.1) is 11.6 Å². The third-order valence-corrected chi connectivity index (χ3v) is 2.54. The van der Waals surface area contributed by atoms with Gasteiger partial charge in [-0.05, 0) is 31.1 Å². The monoisotopic (exact) mass is 192 g/mol. The maximum atomic E-state index is 9.51. The van der Waals surface area contributed by atoms with Crippen LogP contribution in [-0.2, 0) is 0 Å². The fraction of sp³-hybridized carbons (Fsp3) is 1.00. The standard InChI is InChI=1S/C10H21ClO/c1-8(2)10(12)5-4-9(3)6-7-11/h8-10,12H,4-7H2,1-3H3. The third-order valence-electron chi connectivity index (χ3n) is 2.33. The van der Waals surface area contributed by atoms with Crippen molar-refractivity contribution in [3.05, 3.63) is 0 Å². The molecule has 0 amide bonds. The average Bonchev–Trinajstić information content (AvgIpc) is 2.00. The summed E-state index contributed by atoms with van der Waals surface area (Å²) in [5.74, 6) is 1.77. The number of rotatable bonds is 6. The van der Waals surface area contributed by atoms with Gasteiger partial charge >= 0.3 is 0 Å². The smallest absolute Gasteiger partial charge is 0.0563 e. The molecule has 1 nitrogen and oxygen atoms in total. The van der Waals surface area contributed by atoms with Crippen LogP contribution in [0.1, 0.15) is 40.0 Å². The Hall–Kier alpha value is 0.250. The zero-order chi connectivity index (χ0) is 9.56. The summed E-state index contributed by atoms with van der Waals surface area (Å²) >= 11 is 5.61. The van der Waals surface area contributed by atoms with E-state index in [0.717, 1.165) is 25.1 Å². The summed E-state index contributed by atoms with van der Waals surface area (Å²) in [5, 5.41) is 9.51. The van der Waals surface area contributed by atoms with E-state index >= 15 is 0 Å². The molecule has 0 heterocycles. The molecule has 12 heavy (non-hydrogen) atoms. The van der Waals surface area contributed by atoms with Crippen LogP contribution >= 0.6 is 11.6 Å². The zero-order valence-electron chi connectivity index (χ0n) is 8.39. The van der Waals surface area contributed by atoms with Gasteiger partial charge in [0.25, 0.3) is 0 Å². The molecule has 0 saturated heterocycles. The highest BCUT2D eigenvalue weighted by Crippen LogP contribution is 2.15. The van der Waals surface area contributed by atoms with Crippen molar-refractivity contribution < 1.29 is 5.11 Å². The van der Waals surface area contributed by atoms with Gasteiger partial charge in [-0.2, -0.15) is 0 Å². The lowest BCUT2D eigenvalue weighted by molar-refractivity contribution is 0.109. The summed E-state index contributed by atoms with van der Waals surface area (Å²) in [5.41, 5.74) is 0. The molecule has 2 atom stereocenters. The van der Waals surface area contributed by atoms with E-state index in [9.17, 15) is 5.11 Å². The van der Waals surface area contributed by atoms with Crippen LogP contribution < -0.4 is 0 Å². The quantitative estimate of drug-likeness (QED) is 0.642. The van der Waals surface area contributed by atoms with Crippen molar-refractivity contribution in [2.45, 2.75) is 46.1 Å². The van der Waals surface area contributed by atoms with E-state index in [1.54, 1.807) is 0 Å². The Morgan fingerprint density at radius 1 is 1.08 bits per heavy atom. The molecule has 0 aromatic carbocycles. The van der Waals surface area contributed by atoms with Gasteiger partial charge in [0.1, 0.15) is 0 Å². The van der Waals surface area contributed by atoms with E-state index in [1.165, 1.54) is 0 Å². The number of aliphatic hydroxyl groups excluding tert-OH is 1. The van der Waals surface area contributed by atoms with Gasteiger partial charge in [0.15, 0.2) is 0 Å². The summed E-state index contributed by atoms with van der Waals surface area (Å²) in [4.78, 5) is 0. The summed E-state index contributed by atoms with van der Waals surface area (Å²) in [6.45, 7) is 6.29. The number of hydrogen-bond donors (Lipinski definition) is 1. The minimum Gasteiger partial charge on any atom is -0.393 e. The van der Waals surface area contributed by atoms with Crippen molar-refractivity contribution >= 4 is 11.6 Å². The Labute approximate surface area is 81.1 Å². The molecule has 2 heteroatoms. The van der Waals surface area contributed by atoms with Crippen molar-refractivity contribution in [2.24, 2.45) is 11.8 Å². The molecule has 1 N–H and O–H groups in total. The average molecular weight is 193 g/mol. The van der Waals surface area contributed by atoms with Crippen LogP contribution in [0.5, 0.6) is 0 Å². The topological polar surface area (TPSA) is 20.2 Å². The number of halogens is 1. The van der Waals surface area contributed by atoms with Crippen molar-refractivity contribution in [2.75, 3.05) is 5.88 Å². The van der Waals surface area contributed by atoms with Crippen molar-refractivity contribution in [3.63, 3.8) is 0 Å². The minimum atomic E-state index is -0.136. The SMILES string of the molecule is CC(CCCl)CCC(O)C(C)C. The number of aliphatic hydroxyl groups is 1. The Balaban J connectivity index is 3.40. The van der Waals surface area contributed by atoms with Crippen LogP contribution in [0.2, 0.25) is 0 Å². The first-order valence-electron chi connectivity index (χ1n) is 4.82. The van der Waals surface area contributed by atoms with E-state index in [2.05, 4.69) is 20.8 Å². The first-order chi connectivity index (χ1) is 5.57. The predicted octanol–water partition coefficient (Wildman–Crippen LogP) is 3.05. The van der Waals surface area contributed by atoms with Gasteiger partial charge in [-0.25, -0.2) is 0 Å². The molecule has 0 aromatic heterocycles. The fourth-order valence-corrected chi connectivity index (χ4v) is 1.49. The molecular weight excluding hydrogens is 172 g/mol. The highest BCUT2D eigenvalue weighted by Gasteiger charge is 2.10. The summed E-state index contributed by atoms with van der Waals surface area (Å²) < 4.78 is 0. The van der Waals surface area contributed by atoms with Gasteiger partial charge in [-0.1, -0.05) is 20.8 Å². The van der Waals surface area contributed by atoms with Crippen LogP contribution in [0.25, 0.3) is 0 Å². The molecular formula is C10H21ClO. The third kappa shape index (κ3) is 5.84. The number of hydrogen-bond acceptors (Lipinski definition) is 1. The maximum absolute atomic E-state index is 9.51. The summed E-state index contributed by atoms with van der Waals surface area (Å²) in [6, 6.07) is 0. The lowest BCUT2D eigenvalue weighted by atomic mass is 9.96. The molecule has 0 fully saturated rings. The number of alkyl halides is 1. The molecule has 74 valence electrons. The van der Waals surface area contributed by atoms with Crippen molar-refractivity contribution in [3.8, 4) is 0 Å².